The first-order chi connectivity index (χ1) is 23.1. The Morgan fingerprint density at radius 2 is 1.12 bits per heavy atom. The maximum absolute atomic E-state index is 12.0. The van der Waals surface area contributed by atoms with Crippen LogP contribution in [0.3, 0.4) is 0 Å². The standard InChI is InChI=1S/C31H53N3O14/c1-31(2,3)48-30(37)25-33-29(36)6-8-41-10-12-43-14-16-45-18-20-47-22-21-46-19-17-44-15-13-42-11-9-40-7-4-5-28(35)27-23-26(24-32-27)34(38)39/h23H,4-22,24-25H2,1-3H3,(H,33,36). The first-order valence-electron chi connectivity index (χ1n) is 16.1. The van der Waals surface area contributed by atoms with E-state index in [0.717, 1.165) is 0 Å². The van der Waals surface area contributed by atoms with Gasteiger partial charge in [0.15, 0.2) is 5.78 Å². The molecule has 0 aliphatic carbocycles. The highest BCUT2D eigenvalue weighted by atomic mass is 16.6. The Kier molecular flexibility index (Phi) is 25.1. The Balaban J connectivity index is 1.71. The molecule has 1 aliphatic rings. The molecule has 0 saturated carbocycles. The van der Waals surface area contributed by atoms with Gasteiger partial charge in [0.05, 0.1) is 104 Å². The van der Waals surface area contributed by atoms with Crippen LogP contribution < -0.4 is 5.32 Å². The van der Waals surface area contributed by atoms with E-state index in [2.05, 4.69) is 10.3 Å². The summed E-state index contributed by atoms with van der Waals surface area (Å²) in [5.41, 5.74) is -0.497. The molecule has 0 radical (unpaired) electrons. The maximum Gasteiger partial charge on any atom is 0.325 e. The van der Waals surface area contributed by atoms with E-state index in [-0.39, 0.29) is 55.6 Å². The second-order valence-electron chi connectivity index (χ2n) is 11.1. The number of rotatable bonds is 32. The Bertz CT molecular complexity index is 984. The van der Waals surface area contributed by atoms with E-state index in [1.807, 2.05) is 0 Å². The molecule has 1 N–H and O–H groups in total. The van der Waals surface area contributed by atoms with Crippen LogP contribution in [0.1, 0.15) is 40.0 Å². The van der Waals surface area contributed by atoms with E-state index in [4.69, 9.17) is 42.6 Å². The Morgan fingerprint density at radius 3 is 1.52 bits per heavy atom. The molecule has 0 spiro atoms. The lowest BCUT2D eigenvalue weighted by Gasteiger charge is -2.19. The number of Topliss-reactive ketones (excluding diaryl/α,β-unsaturated/α-hetero) is 1. The van der Waals surface area contributed by atoms with E-state index in [0.29, 0.717) is 106 Å². The van der Waals surface area contributed by atoms with Crippen LogP contribution in [0.25, 0.3) is 0 Å². The van der Waals surface area contributed by atoms with Gasteiger partial charge >= 0.3 is 5.97 Å². The van der Waals surface area contributed by atoms with E-state index >= 15 is 0 Å². The van der Waals surface area contributed by atoms with Crippen molar-refractivity contribution in [2.75, 3.05) is 119 Å². The number of amides is 1. The van der Waals surface area contributed by atoms with Gasteiger partial charge in [-0.05, 0) is 27.2 Å². The molecule has 0 aromatic carbocycles. The van der Waals surface area contributed by atoms with Crippen LogP contribution in [-0.4, -0.2) is 153 Å². The number of allylic oxidation sites excluding steroid dienone is 1. The average molecular weight is 692 g/mol. The third-order valence-electron chi connectivity index (χ3n) is 5.85. The van der Waals surface area contributed by atoms with Crippen molar-refractivity contribution in [3.63, 3.8) is 0 Å². The SMILES string of the molecule is CC(C)(C)OC(=O)CNC(=O)CCOCCOCCOCCOCCOCCOCCOCCOCCCC(=O)C1=NCC([N+](=O)[O-])=C1. The minimum absolute atomic E-state index is 0.0561. The molecule has 0 aromatic rings. The number of hydrogen-bond donors (Lipinski definition) is 1. The van der Waals surface area contributed by atoms with Crippen LogP contribution in [0, 0.1) is 10.1 Å². The lowest BCUT2D eigenvalue weighted by Crippen LogP contribution is -2.35. The number of carbonyl (C=O) groups is 3. The molecule has 17 nitrogen and oxygen atoms in total. The van der Waals surface area contributed by atoms with Crippen molar-refractivity contribution in [2.24, 2.45) is 4.99 Å². The largest absolute Gasteiger partial charge is 0.459 e. The highest BCUT2D eigenvalue weighted by Crippen LogP contribution is 2.09. The van der Waals surface area contributed by atoms with Gasteiger partial charge in [0.1, 0.15) is 24.4 Å². The van der Waals surface area contributed by atoms with Crippen molar-refractivity contribution < 1.29 is 61.9 Å². The summed E-state index contributed by atoms with van der Waals surface area (Å²) in [5, 5.41) is 13.2. The summed E-state index contributed by atoms with van der Waals surface area (Å²) in [4.78, 5) is 49.3. The Labute approximate surface area is 282 Å². The number of nitro groups is 1. The third-order valence-corrected chi connectivity index (χ3v) is 5.85. The molecule has 1 heterocycles. The molecule has 17 heteroatoms. The Hall–Kier alpha value is -2.90. The first kappa shape index (κ1) is 43.1. The zero-order chi connectivity index (χ0) is 35.3. The van der Waals surface area contributed by atoms with Gasteiger partial charge in [-0.2, -0.15) is 0 Å². The molecule has 1 amide bonds. The van der Waals surface area contributed by atoms with Gasteiger partial charge in [-0.25, -0.2) is 0 Å². The molecular weight excluding hydrogens is 638 g/mol. The van der Waals surface area contributed by atoms with Crippen LogP contribution in [0.2, 0.25) is 0 Å². The molecule has 0 unspecified atom stereocenters. The van der Waals surface area contributed by atoms with Crippen molar-refractivity contribution in [3.8, 4) is 0 Å². The first-order valence-corrected chi connectivity index (χ1v) is 16.1. The summed E-state index contributed by atoms with van der Waals surface area (Å²) >= 11 is 0. The number of esters is 1. The van der Waals surface area contributed by atoms with Gasteiger partial charge in [0.25, 0.3) is 5.70 Å². The topological polar surface area (TPSA) is 202 Å². The van der Waals surface area contributed by atoms with Crippen LogP contribution in [0.5, 0.6) is 0 Å². The molecule has 0 saturated heterocycles. The van der Waals surface area contributed by atoms with E-state index in [9.17, 15) is 24.5 Å². The van der Waals surface area contributed by atoms with Crippen LogP contribution >= 0.6 is 0 Å². The van der Waals surface area contributed by atoms with Crippen molar-refractivity contribution in [3.05, 3.63) is 21.9 Å². The number of hydrogen-bond acceptors (Lipinski definition) is 15. The van der Waals surface area contributed by atoms with Gasteiger partial charge in [-0.1, -0.05) is 0 Å². The number of ether oxygens (including phenoxy) is 9. The fourth-order valence-electron chi connectivity index (χ4n) is 3.60. The fraction of sp³-hybridized carbons (Fsp3) is 0.806. The second-order valence-corrected chi connectivity index (χ2v) is 11.1. The van der Waals surface area contributed by atoms with Crippen molar-refractivity contribution >= 4 is 23.4 Å². The predicted molar refractivity (Wildman–Crippen MR) is 172 cm³/mol. The monoisotopic (exact) mass is 691 g/mol. The molecule has 1 aliphatic heterocycles. The highest BCUT2D eigenvalue weighted by Gasteiger charge is 2.22. The fourth-order valence-corrected chi connectivity index (χ4v) is 3.60. The Morgan fingerprint density at radius 1 is 0.708 bits per heavy atom. The van der Waals surface area contributed by atoms with E-state index in [1.54, 1.807) is 20.8 Å². The molecule has 276 valence electrons. The lowest BCUT2D eigenvalue weighted by atomic mass is 10.1. The molecule has 1 rings (SSSR count). The number of nitrogens with one attached hydrogen (secondary N) is 1. The molecule has 0 fully saturated rings. The van der Waals surface area contributed by atoms with Crippen LogP contribution in [-0.2, 0) is 57.0 Å². The van der Waals surface area contributed by atoms with Crippen molar-refractivity contribution in [1.82, 2.24) is 5.32 Å². The summed E-state index contributed by atoms with van der Waals surface area (Å²) in [6.45, 7) is 11.6. The lowest BCUT2D eigenvalue weighted by molar-refractivity contribution is -0.424. The normalized spacial score (nSPS) is 12.9. The maximum atomic E-state index is 12.0. The molecule has 0 bridgehead atoms. The van der Waals surface area contributed by atoms with Gasteiger partial charge in [0, 0.05) is 25.5 Å². The number of aliphatic imine (C=N–C) groups is 1. The molecule has 48 heavy (non-hydrogen) atoms. The second kappa shape index (κ2) is 28.0. The van der Waals surface area contributed by atoms with Gasteiger partial charge < -0.3 is 47.9 Å². The number of ketones is 1. The van der Waals surface area contributed by atoms with Crippen LogP contribution in [0.4, 0.5) is 0 Å². The highest BCUT2D eigenvalue weighted by molar-refractivity contribution is 6.44. The van der Waals surface area contributed by atoms with Crippen LogP contribution in [0.15, 0.2) is 16.8 Å². The summed E-state index contributed by atoms with van der Waals surface area (Å²) < 4.78 is 48.5. The molecule has 0 aromatic heterocycles. The van der Waals surface area contributed by atoms with Gasteiger partial charge in [0.2, 0.25) is 5.91 Å². The third kappa shape index (κ3) is 26.1. The predicted octanol–water partition coefficient (Wildman–Crippen LogP) is 0.932. The average Bonchev–Trinajstić information content (AvgIpc) is 3.54. The minimum atomic E-state index is -0.589. The van der Waals surface area contributed by atoms with Gasteiger partial charge in [-0.15, -0.1) is 0 Å². The molecular formula is C31H53N3O14. The van der Waals surface area contributed by atoms with Crippen molar-refractivity contribution in [1.29, 1.82) is 0 Å². The van der Waals surface area contributed by atoms with E-state index < -0.39 is 16.5 Å². The minimum Gasteiger partial charge on any atom is -0.459 e. The smallest absolute Gasteiger partial charge is 0.325 e. The number of carbonyl (C=O) groups excluding carboxylic acids is 3. The zero-order valence-corrected chi connectivity index (χ0v) is 28.5. The summed E-state index contributed by atoms with van der Waals surface area (Å²) in [7, 11) is 0. The van der Waals surface area contributed by atoms with Gasteiger partial charge in [-0.3, -0.25) is 29.5 Å². The number of nitrogens with zero attached hydrogens (tertiary/aromatic N) is 2. The van der Waals surface area contributed by atoms with Crippen molar-refractivity contribution in [2.45, 2.75) is 45.6 Å². The van der Waals surface area contributed by atoms with E-state index in [1.165, 1.54) is 6.08 Å². The summed E-state index contributed by atoms with van der Waals surface area (Å²) in [6.07, 6.45) is 2.10. The zero-order valence-electron chi connectivity index (χ0n) is 28.5. The summed E-state index contributed by atoms with van der Waals surface area (Å²) in [6, 6.07) is 0. The molecule has 0 atom stereocenters. The summed E-state index contributed by atoms with van der Waals surface area (Å²) in [5.74, 6) is -0.989. The quantitative estimate of drug-likeness (QED) is 0.0452.